The van der Waals surface area contributed by atoms with Crippen molar-refractivity contribution in [1.82, 2.24) is 20.0 Å². The van der Waals surface area contributed by atoms with Crippen molar-refractivity contribution < 1.29 is 9.53 Å². The van der Waals surface area contributed by atoms with Gasteiger partial charge in [0.1, 0.15) is 5.60 Å². The van der Waals surface area contributed by atoms with Gasteiger partial charge in [-0.15, -0.1) is 0 Å². The Balaban J connectivity index is 2.52. The third kappa shape index (κ3) is 6.05. The number of nitrogens with one attached hydrogen (secondary N) is 1. The van der Waals surface area contributed by atoms with Crippen molar-refractivity contribution in [3.8, 4) is 0 Å². The number of hydrogen-bond donors (Lipinski definition) is 1. The van der Waals surface area contributed by atoms with Gasteiger partial charge >= 0.3 is 6.09 Å². The zero-order valence-electron chi connectivity index (χ0n) is 14.9. The van der Waals surface area contributed by atoms with E-state index < -0.39 is 5.60 Å². The summed E-state index contributed by atoms with van der Waals surface area (Å²) in [5.74, 6) is 0. The number of amides is 1. The van der Waals surface area contributed by atoms with E-state index in [4.69, 9.17) is 4.74 Å². The van der Waals surface area contributed by atoms with Gasteiger partial charge in [-0.2, -0.15) is 5.10 Å². The standard InChI is InChI=1S/C16H30N4O2/c1-15(2,3)20(14(21)22-16(4,5)6)11-10-17-12-13-8-9-18-19(13)7/h8-9,17H,10-12H2,1-7H3. The molecule has 1 rings (SSSR count). The minimum atomic E-state index is -0.483. The topological polar surface area (TPSA) is 59.4 Å². The van der Waals surface area contributed by atoms with Crippen molar-refractivity contribution in [3.05, 3.63) is 18.0 Å². The molecule has 0 bridgehead atoms. The van der Waals surface area contributed by atoms with E-state index in [0.717, 1.165) is 12.2 Å². The Hall–Kier alpha value is -1.56. The molecule has 0 atom stereocenters. The predicted molar refractivity (Wildman–Crippen MR) is 87.6 cm³/mol. The fraction of sp³-hybridized carbons (Fsp3) is 0.750. The van der Waals surface area contributed by atoms with Crippen LogP contribution in [0, 0.1) is 0 Å². The molecule has 0 aliphatic carbocycles. The minimum Gasteiger partial charge on any atom is -0.444 e. The minimum absolute atomic E-state index is 0.276. The van der Waals surface area contributed by atoms with E-state index in [1.807, 2.05) is 59.3 Å². The van der Waals surface area contributed by atoms with Gasteiger partial charge in [-0.25, -0.2) is 4.79 Å². The SMILES string of the molecule is Cn1nccc1CNCCN(C(=O)OC(C)(C)C)C(C)(C)C. The van der Waals surface area contributed by atoms with Crippen molar-refractivity contribution in [2.45, 2.75) is 59.2 Å². The van der Waals surface area contributed by atoms with Crippen LogP contribution in [0.3, 0.4) is 0 Å². The molecule has 0 aliphatic heterocycles. The molecule has 0 aliphatic rings. The molecule has 0 spiro atoms. The lowest BCUT2D eigenvalue weighted by molar-refractivity contribution is 0.00662. The highest BCUT2D eigenvalue weighted by Crippen LogP contribution is 2.17. The van der Waals surface area contributed by atoms with Crippen LogP contribution in [0.5, 0.6) is 0 Å². The van der Waals surface area contributed by atoms with Gasteiger partial charge in [-0.05, 0) is 47.6 Å². The smallest absolute Gasteiger partial charge is 0.410 e. The Morgan fingerprint density at radius 2 is 1.95 bits per heavy atom. The van der Waals surface area contributed by atoms with Gasteiger partial charge in [0.15, 0.2) is 0 Å². The highest BCUT2D eigenvalue weighted by molar-refractivity contribution is 5.69. The van der Waals surface area contributed by atoms with Crippen LogP contribution in [0.4, 0.5) is 4.79 Å². The van der Waals surface area contributed by atoms with Crippen LogP contribution in [0.1, 0.15) is 47.2 Å². The monoisotopic (exact) mass is 310 g/mol. The maximum Gasteiger partial charge on any atom is 0.410 e. The number of carbonyl (C=O) groups excluding carboxylic acids is 1. The van der Waals surface area contributed by atoms with E-state index in [9.17, 15) is 4.79 Å². The molecule has 0 saturated carbocycles. The summed E-state index contributed by atoms with van der Waals surface area (Å²) in [6.45, 7) is 13.7. The van der Waals surface area contributed by atoms with E-state index in [0.29, 0.717) is 13.1 Å². The Morgan fingerprint density at radius 3 is 2.41 bits per heavy atom. The van der Waals surface area contributed by atoms with Crippen LogP contribution in [0.15, 0.2) is 12.3 Å². The molecular weight excluding hydrogens is 280 g/mol. The first-order valence-electron chi connectivity index (χ1n) is 7.69. The fourth-order valence-corrected chi connectivity index (χ4v) is 2.00. The largest absolute Gasteiger partial charge is 0.444 e. The van der Waals surface area contributed by atoms with Crippen LogP contribution in [0.2, 0.25) is 0 Å². The van der Waals surface area contributed by atoms with Crippen molar-refractivity contribution in [1.29, 1.82) is 0 Å². The van der Waals surface area contributed by atoms with Gasteiger partial charge in [0.05, 0.1) is 5.69 Å². The van der Waals surface area contributed by atoms with Crippen LogP contribution in [-0.2, 0) is 18.3 Å². The van der Waals surface area contributed by atoms with Gasteiger partial charge in [-0.3, -0.25) is 4.68 Å². The summed E-state index contributed by atoms with van der Waals surface area (Å²) in [4.78, 5) is 14.1. The molecule has 0 radical (unpaired) electrons. The van der Waals surface area contributed by atoms with Gasteiger partial charge in [0.25, 0.3) is 0 Å². The molecule has 1 aromatic rings. The van der Waals surface area contributed by atoms with Crippen molar-refractivity contribution >= 4 is 6.09 Å². The Kier molecular flexibility index (Phi) is 6.00. The number of aromatic nitrogens is 2. The summed E-state index contributed by atoms with van der Waals surface area (Å²) in [6, 6.07) is 1.97. The Morgan fingerprint density at radius 1 is 1.32 bits per heavy atom. The molecular formula is C16H30N4O2. The molecule has 1 heterocycles. The number of nitrogens with zero attached hydrogens (tertiary/aromatic N) is 3. The highest BCUT2D eigenvalue weighted by atomic mass is 16.6. The molecule has 0 fully saturated rings. The summed E-state index contributed by atoms with van der Waals surface area (Å²) in [7, 11) is 1.92. The first kappa shape index (κ1) is 18.5. The molecule has 0 aromatic carbocycles. The maximum atomic E-state index is 12.3. The van der Waals surface area contributed by atoms with Gasteiger partial charge < -0.3 is 15.0 Å². The maximum absolute atomic E-state index is 12.3. The van der Waals surface area contributed by atoms with E-state index in [-0.39, 0.29) is 11.6 Å². The van der Waals surface area contributed by atoms with Gasteiger partial charge in [-0.1, -0.05) is 0 Å². The first-order valence-corrected chi connectivity index (χ1v) is 7.69. The summed E-state index contributed by atoms with van der Waals surface area (Å²) >= 11 is 0. The normalized spacial score (nSPS) is 12.3. The summed E-state index contributed by atoms with van der Waals surface area (Å²) in [6.07, 6.45) is 1.50. The summed E-state index contributed by atoms with van der Waals surface area (Å²) in [5.41, 5.74) is 0.346. The average molecular weight is 310 g/mol. The molecule has 0 saturated heterocycles. The van der Waals surface area contributed by atoms with Crippen molar-refractivity contribution in [2.24, 2.45) is 7.05 Å². The number of ether oxygens (including phenoxy) is 1. The zero-order chi connectivity index (χ0) is 17.0. The number of hydrogen-bond acceptors (Lipinski definition) is 4. The average Bonchev–Trinajstić information content (AvgIpc) is 2.70. The second-order valence-corrected chi connectivity index (χ2v) is 7.43. The number of carbonyl (C=O) groups is 1. The Bertz CT molecular complexity index is 483. The van der Waals surface area contributed by atoms with Crippen molar-refractivity contribution in [3.63, 3.8) is 0 Å². The molecule has 0 unspecified atom stereocenters. The molecule has 1 N–H and O–H groups in total. The summed E-state index contributed by atoms with van der Waals surface area (Å²) in [5, 5.41) is 7.47. The second-order valence-electron chi connectivity index (χ2n) is 7.43. The van der Waals surface area contributed by atoms with Crippen LogP contribution < -0.4 is 5.32 Å². The molecule has 6 heteroatoms. The number of aryl methyl sites for hydroxylation is 1. The van der Waals surface area contributed by atoms with E-state index >= 15 is 0 Å². The van der Waals surface area contributed by atoms with E-state index in [1.165, 1.54) is 0 Å². The van der Waals surface area contributed by atoms with Gasteiger partial charge in [0.2, 0.25) is 0 Å². The molecule has 1 aromatic heterocycles. The van der Waals surface area contributed by atoms with Crippen LogP contribution in [-0.4, -0.2) is 45.0 Å². The zero-order valence-corrected chi connectivity index (χ0v) is 14.9. The third-order valence-corrected chi connectivity index (χ3v) is 3.16. The molecule has 126 valence electrons. The van der Waals surface area contributed by atoms with Crippen molar-refractivity contribution in [2.75, 3.05) is 13.1 Å². The summed E-state index contributed by atoms with van der Waals surface area (Å²) < 4.78 is 7.33. The lowest BCUT2D eigenvalue weighted by atomic mass is 10.1. The number of rotatable bonds is 5. The van der Waals surface area contributed by atoms with Gasteiger partial charge in [0, 0.05) is 38.4 Å². The third-order valence-electron chi connectivity index (χ3n) is 3.16. The lowest BCUT2D eigenvalue weighted by Gasteiger charge is -2.36. The van der Waals surface area contributed by atoms with Crippen LogP contribution in [0.25, 0.3) is 0 Å². The first-order chi connectivity index (χ1) is 10.0. The Labute approximate surface area is 133 Å². The lowest BCUT2D eigenvalue weighted by Crippen LogP contribution is -2.50. The molecule has 22 heavy (non-hydrogen) atoms. The quantitative estimate of drug-likeness (QED) is 0.849. The molecule has 1 amide bonds. The predicted octanol–water partition coefficient (Wildman–Crippen LogP) is 2.55. The highest BCUT2D eigenvalue weighted by Gasteiger charge is 2.30. The van der Waals surface area contributed by atoms with E-state index in [1.54, 1.807) is 11.1 Å². The molecule has 6 nitrogen and oxygen atoms in total. The fourth-order valence-electron chi connectivity index (χ4n) is 2.00. The van der Waals surface area contributed by atoms with E-state index in [2.05, 4.69) is 10.4 Å². The van der Waals surface area contributed by atoms with Crippen LogP contribution >= 0.6 is 0 Å². The second kappa shape index (κ2) is 7.13.